The predicted octanol–water partition coefficient (Wildman–Crippen LogP) is 14.8. The highest BCUT2D eigenvalue weighted by Crippen LogP contribution is 2.44. The van der Waals surface area contributed by atoms with E-state index in [2.05, 4.69) is 6.07 Å². The van der Waals surface area contributed by atoms with Gasteiger partial charge in [-0.1, -0.05) is 121 Å². The van der Waals surface area contributed by atoms with Crippen LogP contribution in [0.25, 0.3) is 88.4 Å². The molecule has 0 amide bonds. The van der Waals surface area contributed by atoms with E-state index in [0.29, 0.717) is 22.1 Å². The van der Waals surface area contributed by atoms with Gasteiger partial charge in [-0.25, -0.2) is 0 Å². The monoisotopic (exact) mass is 797 g/mol. The van der Waals surface area contributed by atoms with Crippen LogP contribution < -0.4 is 0 Å². The molecule has 0 fully saturated rings. The zero-order valence-electron chi connectivity index (χ0n) is 31.4. The van der Waals surface area contributed by atoms with Gasteiger partial charge in [0, 0.05) is 21.5 Å². The molecular formula is C51H29F6N3. The molecule has 0 spiro atoms. The van der Waals surface area contributed by atoms with Crippen molar-refractivity contribution in [3.8, 4) is 50.8 Å². The molecule has 3 nitrogen and oxygen atoms in total. The van der Waals surface area contributed by atoms with Crippen molar-refractivity contribution < 1.29 is 26.3 Å². The Balaban J connectivity index is 1.37. The first-order valence-electron chi connectivity index (χ1n) is 19.0. The van der Waals surface area contributed by atoms with Gasteiger partial charge < -0.3 is 9.13 Å². The molecular weight excluding hydrogens is 769 g/mol. The molecule has 2 heterocycles. The van der Waals surface area contributed by atoms with Crippen LogP contribution in [0.5, 0.6) is 0 Å². The van der Waals surface area contributed by atoms with Crippen LogP contribution in [0.1, 0.15) is 16.7 Å². The molecule has 0 atom stereocenters. The first-order chi connectivity index (χ1) is 29.0. The molecule has 0 N–H and O–H groups in total. The van der Waals surface area contributed by atoms with Gasteiger partial charge in [0.1, 0.15) is 11.6 Å². The van der Waals surface area contributed by atoms with Crippen molar-refractivity contribution in [2.24, 2.45) is 0 Å². The lowest BCUT2D eigenvalue weighted by Crippen LogP contribution is -2.11. The van der Waals surface area contributed by atoms with Crippen molar-refractivity contribution in [2.45, 2.75) is 12.4 Å². The summed E-state index contributed by atoms with van der Waals surface area (Å²) in [4.78, 5) is 0. The van der Waals surface area contributed by atoms with E-state index in [0.717, 1.165) is 55.9 Å². The molecule has 60 heavy (non-hydrogen) atoms. The molecule has 0 aliphatic rings. The largest absolute Gasteiger partial charge is 0.416 e. The molecule has 290 valence electrons. The second-order valence-corrected chi connectivity index (χ2v) is 14.7. The molecule has 0 unspecified atom stereocenters. The fourth-order valence-electron chi connectivity index (χ4n) is 8.45. The topological polar surface area (TPSA) is 33.6 Å². The molecule has 0 saturated heterocycles. The van der Waals surface area contributed by atoms with E-state index in [4.69, 9.17) is 0 Å². The minimum atomic E-state index is -5.07. The van der Waals surface area contributed by atoms with Crippen molar-refractivity contribution in [2.75, 3.05) is 0 Å². The SMILES string of the molecule is N#Cc1c(-n2c3ccccc3c3ccc(-c4ccccc4)cc32)cc(-c2cc(C(F)(F)F)cc(C(F)(F)F)c2)cc1-n1c2ccccc2c2ccc(-c3ccccc3)cc21. The van der Waals surface area contributed by atoms with E-state index in [-0.39, 0.29) is 34.1 Å². The normalized spacial score (nSPS) is 12.2. The summed E-state index contributed by atoms with van der Waals surface area (Å²) in [5.74, 6) is 0. The predicted molar refractivity (Wildman–Crippen MR) is 226 cm³/mol. The minimum absolute atomic E-state index is 0.0610. The number of nitriles is 1. The number of aromatic nitrogens is 2. The van der Waals surface area contributed by atoms with E-state index < -0.39 is 23.5 Å². The highest BCUT2D eigenvalue weighted by atomic mass is 19.4. The average molecular weight is 798 g/mol. The summed E-state index contributed by atoms with van der Waals surface area (Å²) in [6, 6.07) is 53.7. The lowest BCUT2D eigenvalue weighted by Gasteiger charge is -2.20. The number of alkyl halides is 6. The van der Waals surface area contributed by atoms with Gasteiger partial charge in [0.05, 0.1) is 44.6 Å². The molecule has 0 radical (unpaired) electrons. The quantitative estimate of drug-likeness (QED) is 0.160. The maximum absolute atomic E-state index is 14.4. The van der Waals surface area contributed by atoms with E-state index >= 15 is 0 Å². The third kappa shape index (κ3) is 6.07. The molecule has 0 aliphatic heterocycles. The Bertz CT molecular complexity index is 3140. The van der Waals surface area contributed by atoms with Gasteiger partial charge in [-0.15, -0.1) is 0 Å². The third-order valence-corrected chi connectivity index (χ3v) is 11.2. The van der Waals surface area contributed by atoms with Gasteiger partial charge >= 0.3 is 12.4 Å². The zero-order valence-corrected chi connectivity index (χ0v) is 31.4. The van der Waals surface area contributed by atoms with Crippen molar-refractivity contribution in [1.82, 2.24) is 9.13 Å². The summed E-state index contributed by atoms with van der Waals surface area (Å²) < 4.78 is 90.2. The molecule has 8 aromatic carbocycles. The molecule has 10 rings (SSSR count). The first kappa shape index (κ1) is 36.7. The summed E-state index contributed by atoms with van der Waals surface area (Å²) in [6.07, 6.45) is -10.1. The van der Waals surface area contributed by atoms with Crippen LogP contribution in [0.2, 0.25) is 0 Å². The number of para-hydroxylation sites is 2. The van der Waals surface area contributed by atoms with Crippen LogP contribution in [-0.4, -0.2) is 9.13 Å². The molecule has 0 saturated carbocycles. The molecule has 9 heteroatoms. The van der Waals surface area contributed by atoms with Crippen LogP contribution in [0, 0.1) is 11.3 Å². The third-order valence-electron chi connectivity index (χ3n) is 11.2. The van der Waals surface area contributed by atoms with Crippen molar-refractivity contribution in [3.63, 3.8) is 0 Å². The number of halogens is 6. The highest BCUT2D eigenvalue weighted by Gasteiger charge is 2.37. The highest BCUT2D eigenvalue weighted by molar-refractivity contribution is 6.12. The number of benzene rings is 8. The summed E-state index contributed by atoms with van der Waals surface area (Å²) in [5.41, 5.74) is 4.07. The lowest BCUT2D eigenvalue weighted by molar-refractivity contribution is -0.143. The Hall–Kier alpha value is -7.57. The van der Waals surface area contributed by atoms with Crippen molar-refractivity contribution >= 4 is 43.6 Å². The lowest BCUT2D eigenvalue weighted by atomic mass is 9.96. The van der Waals surface area contributed by atoms with Gasteiger partial charge in [0.15, 0.2) is 0 Å². The van der Waals surface area contributed by atoms with E-state index in [1.807, 2.05) is 155 Å². The van der Waals surface area contributed by atoms with Crippen molar-refractivity contribution in [3.05, 3.63) is 193 Å². The number of hydrogen-bond donors (Lipinski definition) is 0. The number of rotatable bonds is 5. The Morgan fingerprint density at radius 3 is 1.15 bits per heavy atom. The van der Waals surface area contributed by atoms with Crippen LogP contribution in [0.3, 0.4) is 0 Å². The fraction of sp³-hybridized carbons (Fsp3) is 0.0392. The Morgan fingerprint density at radius 1 is 0.350 bits per heavy atom. The number of fused-ring (bicyclic) bond motifs is 6. The van der Waals surface area contributed by atoms with Crippen LogP contribution in [0.15, 0.2) is 176 Å². The number of hydrogen-bond acceptors (Lipinski definition) is 1. The van der Waals surface area contributed by atoms with Crippen LogP contribution in [-0.2, 0) is 12.4 Å². The van der Waals surface area contributed by atoms with Gasteiger partial charge in [-0.2, -0.15) is 31.6 Å². The zero-order chi connectivity index (χ0) is 41.3. The fourth-order valence-corrected chi connectivity index (χ4v) is 8.45. The Labute approximate surface area is 339 Å². The molecule has 10 aromatic rings. The molecule has 0 bridgehead atoms. The maximum atomic E-state index is 14.4. The number of nitrogens with zero attached hydrogens (tertiary/aromatic N) is 3. The van der Waals surface area contributed by atoms with Gasteiger partial charge in [0.2, 0.25) is 0 Å². The Morgan fingerprint density at radius 2 is 0.733 bits per heavy atom. The summed E-state index contributed by atoms with van der Waals surface area (Å²) in [5, 5.41) is 14.7. The second kappa shape index (κ2) is 13.8. The van der Waals surface area contributed by atoms with Crippen LogP contribution >= 0.6 is 0 Å². The van der Waals surface area contributed by atoms with Gasteiger partial charge in [0.25, 0.3) is 0 Å². The first-order valence-corrected chi connectivity index (χ1v) is 19.0. The minimum Gasteiger partial charge on any atom is -0.308 e. The summed E-state index contributed by atoms with van der Waals surface area (Å²) >= 11 is 0. The molecule has 2 aromatic heterocycles. The Kier molecular flexibility index (Phi) is 8.44. The van der Waals surface area contributed by atoms with Gasteiger partial charge in [-0.3, -0.25) is 0 Å². The average Bonchev–Trinajstić information content (AvgIpc) is 3.77. The summed E-state index contributed by atoms with van der Waals surface area (Å²) in [7, 11) is 0. The van der Waals surface area contributed by atoms with Gasteiger partial charge in [-0.05, 0) is 88.0 Å². The molecule has 0 aliphatic carbocycles. The second-order valence-electron chi connectivity index (χ2n) is 14.7. The standard InChI is InChI=1S/C51H29F6N3/c52-50(53,54)37-23-35(24-38(29-37)51(55,56)57)36-27-48(59-44-17-9-7-15-39(44)41-21-19-33(25-46(41)59)31-11-3-1-4-12-31)43(30-58)49(28-36)60-45-18-10-8-16-40(45)42-22-20-34(26-47(42)60)32-13-5-2-6-14-32/h1-29H. The van der Waals surface area contributed by atoms with Crippen LogP contribution in [0.4, 0.5) is 26.3 Å². The van der Waals surface area contributed by atoms with E-state index in [1.54, 1.807) is 0 Å². The smallest absolute Gasteiger partial charge is 0.308 e. The maximum Gasteiger partial charge on any atom is 0.416 e. The van der Waals surface area contributed by atoms with E-state index in [1.165, 1.54) is 12.1 Å². The summed E-state index contributed by atoms with van der Waals surface area (Å²) in [6.45, 7) is 0. The van der Waals surface area contributed by atoms with E-state index in [9.17, 15) is 31.6 Å². The van der Waals surface area contributed by atoms with Crippen molar-refractivity contribution in [1.29, 1.82) is 5.26 Å².